The Morgan fingerprint density at radius 2 is 2.06 bits per heavy atom. The molecule has 1 aliphatic heterocycles. The van der Waals surface area contributed by atoms with E-state index in [0.717, 1.165) is 84.1 Å². The molecule has 1 aliphatic carbocycles. The molecule has 1 aromatic carbocycles. The van der Waals surface area contributed by atoms with Crippen LogP contribution in [0, 0.1) is 6.92 Å². The maximum Gasteiger partial charge on any atom is 0.298 e. The SMILES string of the molecule is Cc1c(-c2cnc3[nH]ncc3c2)ccc2c3oc(N4CCCNCC4)nc3c(=O)n(C3CC3)c12. The predicted molar refractivity (Wildman–Crippen MR) is 131 cm³/mol. The van der Waals surface area contributed by atoms with Crippen LogP contribution in [0.2, 0.25) is 0 Å². The van der Waals surface area contributed by atoms with E-state index in [4.69, 9.17) is 9.40 Å². The molecule has 0 spiro atoms. The average Bonchev–Trinajstić information content (AvgIpc) is 3.50. The Bertz CT molecular complexity index is 1620. The molecular formula is C25H25N7O2. The molecule has 1 saturated carbocycles. The Morgan fingerprint density at radius 3 is 2.94 bits per heavy atom. The molecule has 7 rings (SSSR count). The molecular weight excluding hydrogens is 430 g/mol. The highest BCUT2D eigenvalue weighted by Gasteiger charge is 2.31. The molecule has 0 bridgehead atoms. The number of oxazole rings is 1. The second kappa shape index (κ2) is 7.39. The number of rotatable bonds is 3. The van der Waals surface area contributed by atoms with Gasteiger partial charge in [-0.05, 0) is 56.0 Å². The molecule has 2 aliphatic rings. The molecule has 4 aromatic heterocycles. The quantitative estimate of drug-likeness (QED) is 0.429. The van der Waals surface area contributed by atoms with Crippen molar-refractivity contribution in [1.29, 1.82) is 0 Å². The van der Waals surface area contributed by atoms with Crippen LogP contribution in [0.25, 0.3) is 44.2 Å². The van der Waals surface area contributed by atoms with Crippen molar-refractivity contribution in [3.63, 3.8) is 0 Å². The first-order chi connectivity index (χ1) is 16.7. The number of nitrogens with one attached hydrogen (secondary N) is 2. The van der Waals surface area contributed by atoms with Crippen LogP contribution >= 0.6 is 0 Å². The summed E-state index contributed by atoms with van der Waals surface area (Å²) >= 11 is 0. The molecule has 0 unspecified atom stereocenters. The summed E-state index contributed by atoms with van der Waals surface area (Å²) in [6, 6.07) is 7.00. The molecule has 0 amide bonds. The largest absolute Gasteiger partial charge is 0.422 e. The monoisotopic (exact) mass is 455 g/mol. The van der Waals surface area contributed by atoms with Gasteiger partial charge in [-0.15, -0.1) is 0 Å². The summed E-state index contributed by atoms with van der Waals surface area (Å²) in [5.41, 5.74) is 5.75. The Balaban J connectivity index is 1.47. The average molecular weight is 456 g/mol. The van der Waals surface area contributed by atoms with Crippen molar-refractivity contribution >= 4 is 39.1 Å². The molecule has 2 N–H and O–H groups in total. The summed E-state index contributed by atoms with van der Waals surface area (Å²) in [6.45, 7) is 5.62. The van der Waals surface area contributed by atoms with Crippen molar-refractivity contribution in [3.8, 4) is 11.1 Å². The van der Waals surface area contributed by atoms with E-state index in [9.17, 15) is 4.79 Å². The van der Waals surface area contributed by atoms with Crippen molar-refractivity contribution in [1.82, 2.24) is 30.0 Å². The summed E-state index contributed by atoms with van der Waals surface area (Å²) in [5.74, 6) is 0. The zero-order valence-electron chi connectivity index (χ0n) is 19.0. The number of H-pyrrole nitrogens is 1. The smallest absolute Gasteiger partial charge is 0.298 e. The van der Waals surface area contributed by atoms with Crippen molar-refractivity contribution in [2.75, 3.05) is 31.1 Å². The molecule has 5 heterocycles. The summed E-state index contributed by atoms with van der Waals surface area (Å²) in [4.78, 5) is 25.1. The zero-order valence-corrected chi connectivity index (χ0v) is 19.0. The lowest BCUT2D eigenvalue weighted by Crippen LogP contribution is -2.28. The van der Waals surface area contributed by atoms with E-state index in [1.807, 2.05) is 10.8 Å². The number of hydrogen-bond acceptors (Lipinski definition) is 7. The highest BCUT2D eigenvalue weighted by Crippen LogP contribution is 2.41. The minimum Gasteiger partial charge on any atom is -0.422 e. The van der Waals surface area contributed by atoms with Gasteiger partial charge in [0.25, 0.3) is 11.6 Å². The second-order valence-electron chi connectivity index (χ2n) is 9.34. The van der Waals surface area contributed by atoms with Crippen LogP contribution < -0.4 is 15.8 Å². The van der Waals surface area contributed by atoms with Crippen LogP contribution in [-0.2, 0) is 0 Å². The number of aryl methyl sites for hydroxylation is 1. The Labute approximate surface area is 194 Å². The second-order valence-corrected chi connectivity index (χ2v) is 9.34. The van der Waals surface area contributed by atoms with Crippen LogP contribution in [-0.4, -0.2) is 50.9 Å². The van der Waals surface area contributed by atoms with Crippen molar-refractivity contribution < 1.29 is 4.42 Å². The van der Waals surface area contributed by atoms with Crippen molar-refractivity contribution in [2.24, 2.45) is 0 Å². The number of pyridine rings is 2. The lowest BCUT2D eigenvalue weighted by Gasteiger charge is -2.16. The number of benzene rings is 1. The Morgan fingerprint density at radius 1 is 1.15 bits per heavy atom. The van der Waals surface area contributed by atoms with Gasteiger partial charge >= 0.3 is 0 Å². The maximum atomic E-state index is 13.7. The highest BCUT2D eigenvalue weighted by molar-refractivity contribution is 6.04. The van der Waals surface area contributed by atoms with Crippen molar-refractivity contribution in [2.45, 2.75) is 32.2 Å². The predicted octanol–water partition coefficient (Wildman–Crippen LogP) is 3.52. The minimum absolute atomic E-state index is 0.0587. The minimum atomic E-state index is -0.0587. The fraction of sp³-hybridized carbons (Fsp3) is 0.360. The number of anilines is 1. The van der Waals surface area contributed by atoms with Gasteiger partial charge in [0.05, 0.1) is 11.7 Å². The van der Waals surface area contributed by atoms with E-state index < -0.39 is 0 Å². The van der Waals surface area contributed by atoms with E-state index >= 15 is 0 Å². The number of aromatic nitrogens is 5. The van der Waals surface area contributed by atoms with Gasteiger partial charge in [-0.1, -0.05) is 6.07 Å². The van der Waals surface area contributed by atoms with Gasteiger partial charge in [-0.25, -0.2) is 4.98 Å². The van der Waals surface area contributed by atoms with Crippen LogP contribution in [0.1, 0.15) is 30.9 Å². The van der Waals surface area contributed by atoms with E-state index in [0.29, 0.717) is 17.1 Å². The van der Waals surface area contributed by atoms with Crippen LogP contribution in [0.3, 0.4) is 0 Å². The van der Waals surface area contributed by atoms with Gasteiger partial charge in [-0.2, -0.15) is 10.1 Å². The number of nitrogens with zero attached hydrogens (tertiary/aromatic N) is 5. The van der Waals surface area contributed by atoms with E-state index in [-0.39, 0.29) is 11.6 Å². The summed E-state index contributed by atoms with van der Waals surface area (Å²) in [6.07, 6.45) is 6.67. The van der Waals surface area contributed by atoms with Gasteiger partial charge in [-0.3, -0.25) is 9.89 Å². The van der Waals surface area contributed by atoms with Gasteiger partial charge in [0.1, 0.15) is 0 Å². The van der Waals surface area contributed by atoms with Gasteiger partial charge in [0.2, 0.25) is 0 Å². The number of aromatic amines is 1. The lowest BCUT2D eigenvalue weighted by molar-refractivity contribution is 0.573. The van der Waals surface area contributed by atoms with Crippen molar-refractivity contribution in [3.05, 3.63) is 46.5 Å². The molecule has 34 heavy (non-hydrogen) atoms. The fourth-order valence-corrected chi connectivity index (χ4v) is 5.20. The van der Waals surface area contributed by atoms with Gasteiger partial charge < -0.3 is 19.2 Å². The Kier molecular flexibility index (Phi) is 4.29. The van der Waals surface area contributed by atoms with Gasteiger partial charge in [0.15, 0.2) is 16.7 Å². The summed E-state index contributed by atoms with van der Waals surface area (Å²) in [7, 11) is 0. The summed E-state index contributed by atoms with van der Waals surface area (Å²) in [5, 5.41) is 12.3. The first kappa shape index (κ1) is 19.7. The molecule has 1 saturated heterocycles. The van der Waals surface area contributed by atoms with E-state index in [2.05, 4.69) is 50.5 Å². The normalized spacial score (nSPS) is 17.1. The Hall–Kier alpha value is -3.72. The third-order valence-electron chi connectivity index (χ3n) is 7.08. The number of fused-ring (bicyclic) bond motifs is 4. The first-order valence-electron chi connectivity index (χ1n) is 11.9. The maximum absolute atomic E-state index is 13.7. The van der Waals surface area contributed by atoms with Crippen LogP contribution in [0.4, 0.5) is 6.01 Å². The summed E-state index contributed by atoms with van der Waals surface area (Å²) < 4.78 is 8.26. The standard InChI is InChI=1S/C25H25N7O2/c1-14-18(15-11-16-13-28-30-23(16)27-12-15)5-6-19-21(14)32(17-3-4-17)24(33)20-22(19)34-25(29-20)31-9-2-7-26-8-10-31/h5-6,11-13,17,26H,2-4,7-10H2,1H3,(H,27,28,30). The molecule has 172 valence electrons. The number of hydrogen-bond donors (Lipinski definition) is 2. The first-order valence-corrected chi connectivity index (χ1v) is 11.9. The molecule has 2 fully saturated rings. The zero-order chi connectivity index (χ0) is 22.8. The third kappa shape index (κ3) is 2.96. The molecule has 0 radical (unpaired) electrons. The third-order valence-corrected chi connectivity index (χ3v) is 7.08. The van der Waals surface area contributed by atoms with Gasteiger partial charge in [0, 0.05) is 48.2 Å². The molecule has 5 aromatic rings. The van der Waals surface area contributed by atoms with Crippen LogP contribution in [0.15, 0.2) is 39.8 Å². The lowest BCUT2D eigenvalue weighted by atomic mass is 9.97. The molecule has 9 heteroatoms. The topological polar surface area (TPSA) is 105 Å². The van der Waals surface area contributed by atoms with E-state index in [1.165, 1.54) is 0 Å². The molecule has 9 nitrogen and oxygen atoms in total. The van der Waals surface area contributed by atoms with E-state index in [1.54, 1.807) is 6.20 Å². The van der Waals surface area contributed by atoms with Crippen LogP contribution in [0.5, 0.6) is 0 Å². The highest BCUT2D eigenvalue weighted by atomic mass is 16.4. The fourth-order valence-electron chi connectivity index (χ4n) is 5.20. The molecule has 0 atom stereocenters.